The molecule has 128 valence electrons. The topological polar surface area (TPSA) is 39.7 Å². The van der Waals surface area contributed by atoms with E-state index in [9.17, 15) is 0 Å². The van der Waals surface area contributed by atoms with Crippen LogP contribution in [0.5, 0.6) is 0 Å². The zero-order chi connectivity index (χ0) is 15.4. The molecule has 1 saturated heterocycles. The number of nitrogens with one attached hydrogen (secondary N) is 2. The fourth-order valence-corrected chi connectivity index (χ4v) is 3.25. The van der Waals surface area contributed by atoms with Crippen LogP contribution in [0, 0.1) is 12.8 Å². The minimum atomic E-state index is 0. The summed E-state index contributed by atoms with van der Waals surface area (Å²) < 4.78 is 0. The lowest BCUT2D eigenvalue weighted by atomic mass is 10.1. The van der Waals surface area contributed by atoms with Gasteiger partial charge in [-0.05, 0) is 49.8 Å². The normalized spacial score (nSPS) is 21.8. The van der Waals surface area contributed by atoms with Crippen LogP contribution >= 0.6 is 24.0 Å². The molecule has 1 heterocycles. The Balaban J connectivity index is 0.00000192. The Hall–Kier alpha value is -0.820. The predicted octanol–water partition coefficient (Wildman–Crippen LogP) is 2.76. The first-order valence-electron chi connectivity index (χ1n) is 8.49. The number of nitrogens with zero attached hydrogens (tertiary/aromatic N) is 2. The molecule has 3 rings (SSSR count). The number of halogens is 1. The number of aliphatic imine (C=N–C) groups is 1. The summed E-state index contributed by atoms with van der Waals surface area (Å²) in [6.07, 6.45) is 4.15. The number of likely N-dealkylation sites (tertiary alicyclic amines) is 1. The van der Waals surface area contributed by atoms with Gasteiger partial charge in [0.05, 0.1) is 0 Å². The number of guanidine groups is 1. The highest BCUT2D eigenvalue weighted by Gasteiger charge is 2.34. The third-order valence-corrected chi connectivity index (χ3v) is 4.87. The van der Waals surface area contributed by atoms with Gasteiger partial charge in [0.15, 0.2) is 5.96 Å². The Bertz CT molecular complexity index is 528. The van der Waals surface area contributed by atoms with Crippen molar-refractivity contribution in [3.63, 3.8) is 0 Å². The van der Waals surface area contributed by atoms with Crippen LogP contribution in [-0.2, 0) is 6.54 Å². The summed E-state index contributed by atoms with van der Waals surface area (Å²) in [4.78, 5) is 7.00. The van der Waals surface area contributed by atoms with Gasteiger partial charge in [-0.15, -0.1) is 24.0 Å². The van der Waals surface area contributed by atoms with Gasteiger partial charge in [-0.3, -0.25) is 4.99 Å². The molecule has 1 aromatic carbocycles. The van der Waals surface area contributed by atoms with Gasteiger partial charge in [0.1, 0.15) is 0 Å². The van der Waals surface area contributed by atoms with Gasteiger partial charge in [0, 0.05) is 32.7 Å². The third kappa shape index (κ3) is 5.35. The van der Waals surface area contributed by atoms with Crippen LogP contribution in [0.1, 0.15) is 30.4 Å². The first-order chi connectivity index (χ1) is 10.8. The molecule has 2 fully saturated rings. The van der Waals surface area contributed by atoms with Gasteiger partial charge < -0.3 is 15.5 Å². The predicted molar refractivity (Wildman–Crippen MR) is 107 cm³/mol. The second-order valence-corrected chi connectivity index (χ2v) is 6.61. The van der Waals surface area contributed by atoms with E-state index in [4.69, 9.17) is 0 Å². The Morgan fingerprint density at radius 2 is 2.00 bits per heavy atom. The Kier molecular flexibility index (Phi) is 7.14. The molecule has 4 nitrogen and oxygen atoms in total. The summed E-state index contributed by atoms with van der Waals surface area (Å²) in [6.45, 7) is 6.54. The van der Waals surface area contributed by atoms with E-state index in [1.165, 1.54) is 43.5 Å². The minimum absolute atomic E-state index is 0. The average molecular weight is 428 g/mol. The van der Waals surface area contributed by atoms with E-state index in [2.05, 4.69) is 51.7 Å². The maximum atomic E-state index is 4.34. The first kappa shape index (κ1) is 18.5. The second-order valence-electron chi connectivity index (χ2n) is 6.61. The first-order valence-corrected chi connectivity index (χ1v) is 8.49. The molecule has 0 radical (unpaired) electrons. The van der Waals surface area contributed by atoms with Gasteiger partial charge in [-0.25, -0.2) is 0 Å². The molecular weight excluding hydrogens is 399 g/mol. The standard InChI is InChI=1S/C18H28N4.HI/c1-14-5-3-4-6-16(14)12-21-18(19-2)20-11-15-9-10-22(13-15)17-7-8-17;/h3-6,15,17H,7-13H2,1-2H3,(H2,19,20,21);1H. The van der Waals surface area contributed by atoms with Crippen molar-refractivity contribution in [2.45, 2.75) is 38.8 Å². The monoisotopic (exact) mass is 428 g/mol. The summed E-state index contributed by atoms with van der Waals surface area (Å²) in [5.74, 6) is 1.67. The second kappa shape index (κ2) is 8.87. The van der Waals surface area contributed by atoms with Crippen LogP contribution in [0.2, 0.25) is 0 Å². The fourth-order valence-electron chi connectivity index (χ4n) is 3.25. The maximum Gasteiger partial charge on any atom is 0.191 e. The summed E-state index contributed by atoms with van der Waals surface area (Å²) in [5.41, 5.74) is 2.65. The van der Waals surface area contributed by atoms with E-state index in [0.29, 0.717) is 0 Å². The average Bonchev–Trinajstić information content (AvgIpc) is 3.28. The van der Waals surface area contributed by atoms with Crippen molar-refractivity contribution in [3.8, 4) is 0 Å². The van der Waals surface area contributed by atoms with Crippen molar-refractivity contribution in [1.29, 1.82) is 0 Å². The molecule has 0 spiro atoms. The number of hydrogen-bond donors (Lipinski definition) is 2. The van der Waals surface area contributed by atoms with Crippen LogP contribution in [0.25, 0.3) is 0 Å². The highest BCUT2D eigenvalue weighted by atomic mass is 127. The molecule has 5 heteroatoms. The van der Waals surface area contributed by atoms with Crippen LogP contribution in [-0.4, -0.2) is 43.6 Å². The van der Waals surface area contributed by atoms with Crippen molar-refractivity contribution in [1.82, 2.24) is 15.5 Å². The Morgan fingerprint density at radius 1 is 1.22 bits per heavy atom. The van der Waals surface area contributed by atoms with E-state index in [1.54, 1.807) is 0 Å². The van der Waals surface area contributed by atoms with E-state index >= 15 is 0 Å². The largest absolute Gasteiger partial charge is 0.356 e. The van der Waals surface area contributed by atoms with Crippen molar-refractivity contribution < 1.29 is 0 Å². The Labute approximate surface area is 157 Å². The minimum Gasteiger partial charge on any atom is -0.356 e. The van der Waals surface area contributed by atoms with E-state index in [-0.39, 0.29) is 24.0 Å². The third-order valence-electron chi connectivity index (χ3n) is 4.87. The number of rotatable bonds is 5. The lowest BCUT2D eigenvalue weighted by molar-refractivity contribution is 0.314. The van der Waals surface area contributed by atoms with Gasteiger partial charge >= 0.3 is 0 Å². The van der Waals surface area contributed by atoms with E-state index < -0.39 is 0 Å². The van der Waals surface area contributed by atoms with Gasteiger partial charge in [0.25, 0.3) is 0 Å². The maximum absolute atomic E-state index is 4.34. The SMILES string of the molecule is CN=C(NCc1ccccc1C)NCC1CCN(C2CC2)C1.I. The van der Waals surface area contributed by atoms with Crippen LogP contribution in [0.4, 0.5) is 0 Å². The molecule has 1 unspecified atom stereocenters. The van der Waals surface area contributed by atoms with Crippen LogP contribution in [0.3, 0.4) is 0 Å². The molecule has 0 bridgehead atoms. The van der Waals surface area contributed by atoms with E-state index in [1.807, 2.05) is 7.05 Å². The zero-order valence-electron chi connectivity index (χ0n) is 14.2. The summed E-state index contributed by atoms with van der Waals surface area (Å²) in [7, 11) is 1.85. The highest BCUT2D eigenvalue weighted by Crippen LogP contribution is 2.31. The van der Waals surface area contributed by atoms with Crippen molar-refractivity contribution in [3.05, 3.63) is 35.4 Å². The summed E-state index contributed by atoms with van der Waals surface area (Å²) >= 11 is 0. The fraction of sp³-hybridized carbons (Fsp3) is 0.611. The van der Waals surface area contributed by atoms with Crippen LogP contribution < -0.4 is 10.6 Å². The molecule has 1 aliphatic heterocycles. The molecule has 0 amide bonds. The molecule has 1 atom stereocenters. The molecule has 1 saturated carbocycles. The van der Waals surface area contributed by atoms with Crippen LogP contribution in [0.15, 0.2) is 29.3 Å². The van der Waals surface area contributed by atoms with Crippen molar-refractivity contribution in [2.24, 2.45) is 10.9 Å². The molecular formula is C18H29IN4. The van der Waals surface area contributed by atoms with Gasteiger partial charge in [-0.2, -0.15) is 0 Å². The summed E-state index contributed by atoms with van der Waals surface area (Å²) in [6, 6.07) is 9.39. The molecule has 0 aromatic heterocycles. The van der Waals surface area contributed by atoms with Gasteiger partial charge in [-0.1, -0.05) is 24.3 Å². The van der Waals surface area contributed by atoms with E-state index in [0.717, 1.165) is 31.0 Å². The zero-order valence-corrected chi connectivity index (χ0v) is 16.5. The highest BCUT2D eigenvalue weighted by molar-refractivity contribution is 14.0. The van der Waals surface area contributed by atoms with Crippen molar-refractivity contribution >= 4 is 29.9 Å². The smallest absolute Gasteiger partial charge is 0.191 e. The quantitative estimate of drug-likeness (QED) is 0.431. The molecule has 23 heavy (non-hydrogen) atoms. The summed E-state index contributed by atoms with van der Waals surface area (Å²) in [5, 5.41) is 6.92. The lowest BCUT2D eigenvalue weighted by Crippen LogP contribution is -2.40. The lowest BCUT2D eigenvalue weighted by Gasteiger charge is -2.17. The molecule has 1 aliphatic carbocycles. The number of aryl methyl sites for hydroxylation is 1. The molecule has 2 N–H and O–H groups in total. The molecule has 1 aromatic rings. The van der Waals surface area contributed by atoms with Gasteiger partial charge in [0.2, 0.25) is 0 Å². The van der Waals surface area contributed by atoms with Crippen molar-refractivity contribution in [2.75, 3.05) is 26.7 Å². The number of hydrogen-bond acceptors (Lipinski definition) is 2. The number of benzene rings is 1. The Morgan fingerprint density at radius 3 is 2.70 bits per heavy atom. The molecule has 2 aliphatic rings.